The molecule has 1 fully saturated rings. The molecule has 34 heavy (non-hydrogen) atoms. The summed E-state index contributed by atoms with van der Waals surface area (Å²) < 4.78 is 1.58. The zero-order valence-corrected chi connectivity index (χ0v) is 20.2. The molecular formula is C25H26Cl2N4O3. The number of aromatic nitrogens is 1. The number of aromatic carboxylic acids is 1. The molecule has 0 unspecified atom stereocenters. The summed E-state index contributed by atoms with van der Waals surface area (Å²) in [7, 11) is 2.03. The molecule has 7 nitrogen and oxygen atoms in total. The summed E-state index contributed by atoms with van der Waals surface area (Å²) in [6.07, 6.45) is 7.47. The van der Waals surface area contributed by atoms with Crippen LogP contribution in [0.4, 0.5) is 21.9 Å². The van der Waals surface area contributed by atoms with Crippen molar-refractivity contribution in [1.82, 2.24) is 4.57 Å². The Morgan fingerprint density at radius 2 is 1.76 bits per heavy atom. The molecule has 3 N–H and O–H groups in total. The number of hydrogen-bond acceptors (Lipinski definition) is 3. The van der Waals surface area contributed by atoms with Gasteiger partial charge in [0.1, 0.15) is 5.69 Å². The van der Waals surface area contributed by atoms with Gasteiger partial charge in [-0.15, -0.1) is 0 Å². The molecule has 1 aromatic heterocycles. The maximum Gasteiger partial charge on any atom is 0.352 e. The highest BCUT2D eigenvalue weighted by Crippen LogP contribution is 2.34. The van der Waals surface area contributed by atoms with Crippen molar-refractivity contribution in [3.63, 3.8) is 0 Å². The van der Waals surface area contributed by atoms with Gasteiger partial charge < -0.3 is 25.2 Å². The van der Waals surface area contributed by atoms with E-state index in [1.54, 1.807) is 41.1 Å². The molecule has 0 atom stereocenters. The number of nitrogens with zero attached hydrogens (tertiary/aromatic N) is 2. The van der Waals surface area contributed by atoms with Gasteiger partial charge in [-0.2, -0.15) is 0 Å². The van der Waals surface area contributed by atoms with Gasteiger partial charge >= 0.3 is 12.0 Å². The van der Waals surface area contributed by atoms with E-state index >= 15 is 0 Å². The highest BCUT2D eigenvalue weighted by Gasteiger charge is 2.22. The van der Waals surface area contributed by atoms with E-state index in [1.165, 1.54) is 25.3 Å². The predicted octanol–water partition coefficient (Wildman–Crippen LogP) is 6.90. The number of carboxylic acid groups (broad SMARTS) is 1. The van der Waals surface area contributed by atoms with Crippen molar-refractivity contribution < 1.29 is 14.7 Å². The number of nitrogens with one attached hydrogen (secondary N) is 2. The van der Waals surface area contributed by atoms with Crippen LogP contribution in [0.15, 0.2) is 54.7 Å². The number of benzene rings is 2. The van der Waals surface area contributed by atoms with Crippen molar-refractivity contribution in [3.8, 4) is 5.69 Å². The molecule has 1 aliphatic carbocycles. The van der Waals surface area contributed by atoms with E-state index in [2.05, 4.69) is 15.5 Å². The highest BCUT2D eigenvalue weighted by molar-refractivity contribution is 6.42. The van der Waals surface area contributed by atoms with E-state index in [4.69, 9.17) is 23.2 Å². The van der Waals surface area contributed by atoms with Gasteiger partial charge in [-0.05, 0) is 61.4 Å². The van der Waals surface area contributed by atoms with Gasteiger partial charge in [-0.25, -0.2) is 9.59 Å². The number of urea groups is 1. The van der Waals surface area contributed by atoms with Crippen molar-refractivity contribution in [2.24, 2.45) is 0 Å². The van der Waals surface area contributed by atoms with Gasteiger partial charge in [-0.3, -0.25) is 0 Å². The van der Waals surface area contributed by atoms with Gasteiger partial charge in [-0.1, -0.05) is 42.5 Å². The van der Waals surface area contributed by atoms with Crippen LogP contribution < -0.4 is 15.5 Å². The van der Waals surface area contributed by atoms with Crippen LogP contribution in [0.3, 0.4) is 0 Å². The lowest BCUT2D eigenvalue weighted by Gasteiger charge is -2.34. The first-order valence-corrected chi connectivity index (χ1v) is 11.9. The maximum absolute atomic E-state index is 12.9. The molecular weight excluding hydrogens is 475 g/mol. The molecule has 0 saturated heterocycles. The maximum atomic E-state index is 12.9. The summed E-state index contributed by atoms with van der Waals surface area (Å²) in [5.74, 6) is -1.03. The summed E-state index contributed by atoms with van der Waals surface area (Å²) in [5, 5.41) is 16.0. The van der Waals surface area contributed by atoms with E-state index in [1.807, 2.05) is 19.2 Å². The lowest BCUT2D eigenvalue weighted by atomic mass is 9.94. The van der Waals surface area contributed by atoms with E-state index in [-0.39, 0.29) is 5.69 Å². The van der Waals surface area contributed by atoms with Gasteiger partial charge in [0.15, 0.2) is 0 Å². The summed E-state index contributed by atoms with van der Waals surface area (Å²) >= 11 is 12.0. The highest BCUT2D eigenvalue weighted by atomic mass is 35.5. The molecule has 1 saturated carbocycles. The third-order valence-electron chi connectivity index (χ3n) is 6.15. The van der Waals surface area contributed by atoms with Gasteiger partial charge in [0.25, 0.3) is 0 Å². The second kappa shape index (κ2) is 10.4. The molecule has 0 spiro atoms. The fourth-order valence-corrected chi connectivity index (χ4v) is 4.68. The summed E-state index contributed by atoms with van der Waals surface area (Å²) in [4.78, 5) is 26.7. The van der Waals surface area contributed by atoms with Crippen molar-refractivity contribution in [2.75, 3.05) is 22.6 Å². The minimum atomic E-state index is -1.03. The fraction of sp³-hybridized carbons (Fsp3) is 0.280. The largest absolute Gasteiger partial charge is 0.477 e. The monoisotopic (exact) mass is 500 g/mol. The number of anilines is 3. The number of carbonyl (C=O) groups is 2. The first-order chi connectivity index (χ1) is 16.3. The SMILES string of the molecule is CN(c1ccc(-n2cccc2C(=O)O)cc1NC(=O)Nc1ccc(Cl)c(Cl)c1)C1CCCCC1. The predicted molar refractivity (Wildman–Crippen MR) is 137 cm³/mol. The Morgan fingerprint density at radius 1 is 1.00 bits per heavy atom. The fourth-order valence-electron chi connectivity index (χ4n) is 4.39. The van der Waals surface area contributed by atoms with Crippen molar-refractivity contribution in [3.05, 3.63) is 70.5 Å². The van der Waals surface area contributed by atoms with E-state index < -0.39 is 12.0 Å². The Labute approximate surface area is 208 Å². The molecule has 3 aromatic rings. The summed E-state index contributed by atoms with van der Waals surface area (Å²) in [6.45, 7) is 0. The molecule has 0 bridgehead atoms. The average molecular weight is 501 g/mol. The number of rotatable bonds is 6. The molecule has 0 radical (unpaired) electrons. The minimum Gasteiger partial charge on any atom is -0.477 e. The number of amides is 2. The first kappa shape index (κ1) is 24.0. The second-order valence-electron chi connectivity index (χ2n) is 8.38. The van der Waals surface area contributed by atoms with Crippen molar-refractivity contribution in [1.29, 1.82) is 0 Å². The number of carbonyl (C=O) groups excluding carboxylic acids is 1. The number of halogens is 2. The molecule has 2 amide bonds. The van der Waals surface area contributed by atoms with Gasteiger partial charge in [0.2, 0.25) is 0 Å². The summed E-state index contributed by atoms with van der Waals surface area (Å²) in [5.41, 5.74) is 2.72. The molecule has 2 aromatic carbocycles. The van der Waals surface area contributed by atoms with Crippen LogP contribution in [0, 0.1) is 0 Å². The summed E-state index contributed by atoms with van der Waals surface area (Å²) in [6, 6.07) is 13.6. The molecule has 9 heteroatoms. The average Bonchev–Trinajstić information content (AvgIpc) is 3.32. The lowest BCUT2D eigenvalue weighted by molar-refractivity contribution is 0.0688. The standard InChI is InChI=1S/C25H26Cl2N4O3/c1-30(17-6-3-2-4-7-17)22-12-10-18(31-13-5-8-23(31)24(32)33)15-21(22)29-25(34)28-16-9-11-19(26)20(27)14-16/h5,8-15,17H,2-4,6-7H2,1H3,(H,32,33)(H2,28,29,34). The van der Waals surface area contributed by atoms with Crippen molar-refractivity contribution in [2.45, 2.75) is 38.1 Å². The molecule has 0 aliphatic heterocycles. The van der Waals surface area contributed by atoms with Crippen LogP contribution in [-0.4, -0.2) is 34.8 Å². The van der Waals surface area contributed by atoms with Crippen LogP contribution >= 0.6 is 23.2 Å². The quantitative estimate of drug-likeness (QED) is 0.343. The first-order valence-electron chi connectivity index (χ1n) is 11.1. The third-order valence-corrected chi connectivity index (χ3v) is 6.89. The molecule has 178 valence electrons. The third kappa shape index (κ3) is 5.32. The zero-order chi connectivity index (χ0) is 24.2. The Hall–Kier alpha value is -3.16. The Bertz CT molecular complexity index is 1200. The van der Waals surface area contributed by atoms with Crippen LogP contribution in [0.25, 0.3) is 5.69 Å². The topological polar surface area (TPSA) is 86.6 Å². The normalized spacial score (nSPS) is 14.0. The zero-order valence-electron chi connectivity index (χ0n) is 18.7. The van der Waals surface area contributed by atoms with Crippen LogP contribution in [0.2, 0.25) is 10.0 Å². The second-order valence-corrected chi connectivity index (χ2v) is 9.20. The van der Waals surface area contributed by atoms with Crippen LogP contribution in [-0.2, 0) is 0 Å². The minimum absolute atomic E-state index is 0.139. The van der Waals surface area contributed by atoms with E-state index in [0.717, 1.165) is 18.5 Å². The van der Waals surface area contributed by atoms with E-state index in [0.29, 0.717) is 33.1 Å². The molecule has 4 rings (SSSR count). The Kier molecular flexibility index (Phi) is 7.34. The van der Waals surface area contributed by atoms with Gasteiger partial charge in [0.05, 0.1) is 21.4 Å². The molecule has 1 heterocycles. The number of hydrogen-bond donors (Lipinski definition) is 3. The molecule has 1 aliphatic rings. The van der Waals surface area contributed by atoms with Crippen molar-refractivity contribution >= 4 is 52.3 Å². The smallest absolute Gasteiger partial charge is 0.352 e. The van der Waals surface area contributed by atoms with Crippen LogP contribution in [0.5, 0.6) is 0 Å². The van der Waals surface area contributed by atoms with Gasteiger partial charge in [0, 0.05) is 30.7 Å². The lowest BCUT2D eigenvalue weighted by Crippen LogP contribution is -2.34. The Morgan fingerprint density at radius 3 is 2.47 bits per heavy atom. The van der Waals surface area contributed by atoms with Crippen LogP contribution in [0.1, 0.15) is 42.6 Å². The number of carboxylic acids is 1. The van der Waals surface area contributed by atoms with E-state index in [9.17, 15) is 14.7 Å². The Balaban J connectivity index is 1.65.